The lowest BCUT2D eigenvalue weighted by molar-refractivity contribution is 0.102. The number of halogens is 1. The molecule has 0 atom stereocenters. The van der Waals surface area contributed by atoms with E-state index in [1.807, 2.05) is 36.4 Å². The molecule has 0 fully saturated rings. The summed E-state index contributed by atoms with van der Waals surface area (Å²) < 4.78 is 14.1. The summed E-state index contributed by atoms with van der Waals surface area (Å²) in [5.41, 5.74) is 1.92. The zero-order valence-corrected chi connectivity index (χ0v) is 17.5. The summed E-state index contributed by atoms with van der Waals surface area (Å²) in [6, 6.07) is 16.4. The van der Waals surface area contributed by atoms with Crippen molar-refractivity contribution in [2.75, 3.05) is 12.4 Å². The molecule has 0 aliphatic rings. The summed E-state index contributed by atoms with van der Waals surface area (Å²) >= 11 is 5.91. The number of hydrogen-bond acceptors (Lipinski definition) is 5. The summed E-state index contributed by atoms with van der Waals surface area (Å²) in [5, 5.41) is 12.0. The highest BCUT2D eigenvalue weighted by molar-refractivity contribution is 6.30. The van der Waals surface area contributed by atoms with Gasteiger partial charge in [-0.2, -0.15) is 10.2 Å². The van der Waals surface area contributed by atoms with E-state index in [-0.39, 0.29) is 18.3 Å². The first-order valence-electron chi connectivity index (χ1n) is 9.47. The van der Waals surface area contributed by atoms with E-state index >= 15 is 0 Å². The number of carbonyl (C=O) groups excluding carboxylic acids is 1. The van der Waals surface area contributed by atoms with Crippen molar-refractivity contribution in [3.63, 3.8) is 0 Å². The Morgan fingerprint density at radius 1 is 1.03 bits per heavy atom. The van der Waals surface area contributed by atoms with Crippen LogP contribution in [0.2, 0.25) is 5.02 Å². The average Bonchev–Trinajstić information content (AvgIpc) is 3.44. The summed E-state index contributed by atoms with van der Waals surface area (Å²) in [4.78, 5) is 12.5. The van der Waals surface area contributed by atoms with Gasteiger partial charge in [0.25, 0.3) is 5.91 Å². The molecule has 2 aromatic carbocycles. The molecule has 4 aromatic rings. The van der Waals surface area contributed by atoms with Gasteiger partial charge in [-0.3, -0.25) is 9.48 Å². The van der Waals surface area contributed by atoms with Crippen molar-refractivity contribution < 1.29 is 14.3 Å². The Kier molecular flexibility index (Phi) is 6.18. The molecule has 0 aliphatic heterocycles. The van der Waals surface area contributed by atoms with Crippen molar-refractivity contribution >= 4 is 23.2 Å². The van der Waals surface area contributed by atoms with Crippen LogP contribution in [0.1, 0.15) is 16.1 Å². The maximum absolute atomic E-state index is 12.5. The molecule has 31 heavy (non-hydrogen) atoms. The van der Waals surface area contributed by atoms with Crippen LogP contribution in [0.5, 0.6) is 11.5 Å². The molecule has 0 aliphatic carbocycles. The van der Waals surface area contributed by atoms with E-state index in [4.69, 9.17) is 21.1 Å². The van der Waals surface area contributed by atoms with Crippen LogP contribution in [0.4, 0.5) is 5.69 Å². The van der Waals surface area contributed by atoms with Gasteiger partial charge in [-0.05, 0) is 48.0 Å². The van der Waals surface area contributed by atoms with Crippen LogP contribution >= 0.6 is 11.6 Å². The number of nitrogens with one attached hydrogen (secondary N) is 1. The van der Waals surface area contributed by atoms with Crippen LogP contribution in [0.25, 0.3) is 0 Å². The van der Waals surface area contributed by atoms with Crippen molar-refractivity contribution in [2.45, 2.75) is 13.3 Å². The third-order valence-corrected chi connectivity index (χ3v) is 4.70. The fourth-order valence-electron chi connectivity index (χ4n) is 2.85. The lowest BCUT2D eigenvalue weighted by Crippen LogP contribution is -2.14. The predicted molar refractivity (Wildman–Crippen MR) is 117 cm³/mol. The van der Waals surface area contributed by atoms with Crippen molar-refractivity contribution in [2.24, 2.45) is 0 Å². The minimum Gasteiger partial charge on any atom is -0.497 e. The monoisotopic (exact) mass is 437 g/mol. The number of nitrogens with zero attached hydrogens (tertiary/aromatic N) is 4. The molecular weight excluding hydrogens is 418 g/mol. The third-order valence-electron chi connectivity index (χ3n) is 4.45. The molecule has 0 bridgehead atoms. The first kappa shape index (κ1) is 20.5. The Hall–Kier alpha value is -3.78. The van der Waals surface area contributed by atoms with E-state index in [1.165, 1.54) is 0 Å². The van der Waals surface area contributed by atoms with E-state index in [2.05, 4.69) is 15.5 Å². The molecule has 158 valence electrons. The van der Waals surface area contributed by atoms with E-state index in [9.17, 15) is 4.79 Å². The highest BCUT2D eigenvalue weighted by atomic mass is 35.5. The van der Waals surface area contributed by atoms with Gasteiger partial charge in [0, 0.05) is 17.4 Å². The molecule has 0 radical (unpaired) electrons. The summed E-state index contributed by atoms with van der Waals surface area (Å²) in [6.45, 7) is 0.753. The molecule has 1 amide bonds. The van der Waals surface area contributed by atoms with Gasteiger partial charge in [0.1, 0.15) is 11.5 Å². The Balaban J connectivity index is 1.31. The number of anilines is 1. The number of amides is 1. The predicted octanol–water partition coefficient (Wildman–Crippen LogP) is 4.08. The number of methoxy groups -OCH3 is 1. The normalized spacial score (nSPS) is 10.6. The van der Waals surface area contributed by atoms with Crippen LogP contribution in [-0.2, 0) is 13.3 Å². The smallest absolute Gasteiger partial charge is 0.276 e. The number of rotatable bonds is 8. The van der Waals surface area contributed by atoms with Crippen LogP contribution < -0.4 is 14.8 Å². The Bertz CT molecular complexity index is 1150. The van der Waals surface area contributed by atoms with Gasteiger partial charge < -0.3 is 14.8 Å². The van der Waals surface area contributed by atoms with Gasteiger partial charge in [0.05, 0.1) is 25.5 Å². The molecular formula is C22H20ClN5O3. The lowest BCUT2D eigenvalue weighted by atomic mass is 10.2. The second-order valence-corrected chi connectivity index (χ2v) is 7.13. The van der Waals surface area contributed by atoms with Gasteiger partial charge in [-0.25, -0.2) is 4.68 Å². The molecule has 0 saturated heterocycles. The lowest BCUT2D eigenvalue weighted by Gasteiger charge is -2.07. The van der Waals surface area contributed by atoms with Gasteiger partial charge >= 0.3 is 0 Å². The highest BCUT2D eigenvalue weighted by Crippen LogP contribution is 2.17. The standard InChI is InChI=1S/C22H20ClN5O3/c1-30-19-6-8-20(9-7-19)31-15-27-11-10-21(26-27)22(29)25-18-12-24-28(14-18)13-16-2-4-17(23)5-3-16/h2-12,14H,13,15H2,1H3,(H,25,29). The Morgan fingerprint density at radius 2 is 1.77 bits per heavy atom. The molecule has 4 rings (SSSR count). The van der Waals surface area contributed by atoms with Crippen LogP contribution in [0.15, 0.2) is 73.2 Å². The van der Waals surface area contributed by atoms with Crippen LogP contribution in [0.3, 0.4) is 0 Å². The highest BCUT2D eigenvalue weighted by Gasteiger charge is 2.11. The van der Waals surface area contributed by atoms with Gasteiger partial charge in [-0.15, -0.1) is 0 Å². The number of carbonyl (C=O) groups is 1. The zero-order chi connectivity index (χ0) is 21.6. The summed E-state index contributed by atoms with van der Waals surface area (Å²) in [6.07, 6.45) is 5.04. The average molecular weight is 438 g/mol. The van der Waals surface area contributed by atoms with Crippen LogP contribution in [0, 0.1) is 0 Å². The first-order chi connectivity index (χ1) is 15.1. The largest absolute Gasteiger partial charge is 0.497 e. The fraction of sp³-hybridized carbons (Fsp3) is 0.136. The minimum atomic E-state index is -0.325. The second-order valence-electron chi connectivity index (χ2n) is 6.70. The summed E-state index contributed by atoms with van der Waals surface area (Å²) in [7, 11) is 1.61. The van der Waals surface area contributed by atoms with Crippen molar-refractivity contribution in [1.29, 1.82) is 0 Å². The third kappa shape index (κ3) is 5.43. The van der Waals surface area contributed by atoms with E-state index < -0.39 is 0 Å². The van der Waals surface area contributed by atoms with Crippen molar-refractivity contribution in [3.05, 3.63) is 89.5 Å². The molecule has 8 nitrogen and oxygen atoms in total. The number of benzene rings is 2. The van der Waals surface area contributed by atoms with Gasteiger partial charge in [0.15, 0.2) is 12.4 Å². The molecule has 9 heteroatoms. The van der Waals surface area contributed by atoms with E-state index in [0.717, 1.165) is 11.3 Å². The van der Waals surface area contributed by atoms with Crippen LogP contribution in [-0.4, -0.2) is 32.6 Å². The molecule has 0 unspecified atom stereocenters. The Labute approximate surface area is 184 Å². The fourth-order valence-corrected chi connectivity index (χ4v) is 2.98. The summed E-state index contributed by atoms with van der Waals surface area (Å²) in [5.74, 6) is 1.10. The molecule has 0 saturated carbocycles. The second kappa shape index (κ2) is 9.36. The topological polar surface area (TPSA) is 83.2 Å². The quantitative estimate of drug-likeness (QED) is 0.449. The van der Waals surface area contributed by atoms with E-state index in [1.54, 1.807) is 53.3 Å². The maximum atomic E-state index is 12.5. The number of ether oxygens (including phenoxy) is 2. The number of aromatic nitrogens is 4. The first-order valence-corrected chi connectivity index (χ1v) is 9.85. The number of hydrogen-bond donors (Lipinski definition) is 1. The molecule has 2 aromatic heterocycles. The Morgan fingerprint density at radius 3 is 2.52 bits per heavy atom. The minimum absolute atomic E-state index is 0.179. The van der Waals surface area contributed by atoms with Gasteiger partial charge in [-0.1, -0.05) is 23.7 Å². The van der Waals surface area contributed by atoms with E-state index in [0.29, 0.717) is 23.0 Å². The zero-order valence-electron chi connectivity index (χ0n) is 16.7. The van der Waals surface area contributed by atoms with Gasteiger partial charge in [0.2, 0.25) is 0 Å². The molecule has 0 spiro atoms. The SMILES string of the molecule is COc1ccc(OCn2ccc(C(=O)Nc3cnn(Cc4ccc(Cl)cc4)c3)n2)cc1. The maximum Gasteiger partial charge on any atom is 0.276 e. The molecule has 1 N–H and O–H groups in total. The van der Waals surface area contributed by atoms with Crippen molar-refractivity contribution in [3.8, 4) is 11.5 Å². The molecule has 2 heterocycles. The van der Waals surface area contributed by atoms with Crippen molar-refractivity contribution in [1.82, 2.24) is 19.6 Å².